The number of H-pyrrole nitrogens is 1. The summed E-state index contributed by atoms with van der Waals surface area (Å²) in [4.78, 5) is 18.2. The lowest BCUT2D eigenvalue weighted by atomic mass is 10.1. The molecular formula is C12H9N3O3. The quantitative estimate of drug-likeness (QED) is 0.720. The second-order valence-electron chi connectivity index (χ2n) is 3.91. The van der Waals surface area contributed by atoms with E-state index in [2.05, 4.69) is 15.1 Å². The van der Waals surface area contributed by atoms with Crippen molar-refractivity contribution in [3.63, 3.8) is 0 Å². The monoisotopic (exact) mass is 243 g/mol. The van der Waals surface area contributed by atoms with Gasteiger partial charge in [-0.3, -0.25) is 0 Å². The van der Waals surface area contributed by atoms with Gasteiger partial charge >= 0.3 is 5.97 Å². The molecule has 6 nitrogen and oxygen atoms in total. The van der Waals surface area contributed by atoms with Crippen molar-refractivity contribution in [2.75, 3.05) is 0 Å². The minimum absolute atomic E-state index is 0.116. The zero-order valence-corrected chi connectivity index (χ0v) is 9.47. The number of fused-ring (bicyclic) bond motifs is 1. The smallest absolute Gasteiger partial charge is 0.358 e. The van der Waals surface area contributed by atoms with Crippen LogP contribution in [0.4, 0.5) is 0 Å². The highest BCUT2D eigenvalue weighted by atomic mass is 16.5. The second-order valence-corrected chi connectivity index (χ2v) is 3.91. The van der Waals surface area contributed by atoms with E-state index in [0.717, 1.165) is 22.4 Å². The Bertz CT molecular complexity index is 742. The number of hydrogen-bond donors (Lipinski definition) is 2. The van der Waals surface area contributed by atoms with E-state index in [4.69, 9.17) is 9.63 Å². The average Bonchev–Trinajstić information content (AvgIpc) is 2.92. The van der Waals surface area contributed by atoms with Crippen molar-refractivity contribution in [3.05, 3.63) is 35.8 Å². The Kier molecular flexibility index (Phi) is 2.16. The van der Waals surface area contributed by atoms with Crippen LogP contribution in [0.15, 0.2) is 28.8 Å². The summed E-state index contributed by atoms with van der Waals surface area (Å²) in [5.41, 5.74) is 2.22. The minimum Gasteiger partial charge on any atom is -0.476 e. The van der Waals surface area contributed by atoms with Crippen LogP contribution in [-0.4, -0.2) is 26.2 Å². The van der Waals surface area contributed by atoms with E-state index in [-0.39, 0.29) is 5.69 Å². The largest absolute Gasteiger partial charge is 0.476 e. The van der Waals surface area contributed by atoms with Crippen molar-refractivity contribution in [2.24, 2.45) is 0 Å². The van der Waals surface area contributed by atoms with E-state index in [1.165, 1.54) is 6.07 Å². The van der Waals surface area contributed by atoms with E-state index in [9.17, 15) is 4.79 Å². The molecular weight excluding hydrogens is 234 g/mol. The molecule has 90 valence electrons. The number of aromatic nitrogens is 3. The first kappa shape index (κ1) is 10.5. The number of aromatic carboxylic acids is 1. The Morgan fingerprint density at radius 2 is 2.28 bits per heavy atom. The number of imidazole rings is 1. The van der Waals surface area contributed by atoms with Crippen LogP contribution in [-0.2, 0) is 0 Å². The average molecular weight is 243 g/mol. The topological polar surface area (TPSA) is 92.0 Å². The van der Waals surface area contributed by atoms with E-state index in [1.807, 2.05) is 25.1 Å². The molecule has 18 heavy (non-hydrogen) atoms. The number of aromatic amines is 1. The highest BCUT2D eigenvalue weighted by Crippen LogP contribution is 2.27. The molecule has 0 radical (unpaired) electrons. The number of nitrogens with one attached hydrogen (secondary N) is 1. The van der Waals surface area contributed by atoms with Crippen LogP contribution in [0.25, 0.3) is 22.4 Å². The first-order valence-electron chi connectivity index (χ1n) is 5.31. The molecule has 0 spiro atoms. The fraction of sp³-hybridized carbons (Fsp3) is 0.0833. The zero-order chi connectivity index (χ0) is 12.7. The molecule has 0 atom stereocenters. The molecule has 0 saturated heterocycles. The van der Waals surface area contributed by atoms with Gasteiger partial charge in [0.2, 0.25) is 0 Å². The number of nitrogens with zero attached hydrogens (tertiary/aromatic N) is 2. The van der Waals surface area contributed by atoms with Crippen molar-refractivity contribution in [3.8, 4) is 11.3 Å². The van der Waals surface area contributed by atoms with E-state index in [1.54, 1.807) is 0 Å². The molecule has 3 aromatic rings. The summed E-state index contributed by atoms with van der Waals surface area (Å²) in [5.74, 6) is 0.0651. The van der Waals surface area contributed by atoms with Gasteiger partial charge in [-0.05, 0) is 19.1 Å². The summed E-state index contributed by atoms with van der Waals surface area (Å²) in [5, 5.41) is 12.3. The third kappa shape index (κ3) is 1.55. The summed E-state index contributed by atoms with van der Waals surface area (Å²) in [7, 11) is 0. The number of hydrogen-bond acceptors (Lipinski definition) is 4. The van der Waals surface area contributed by atoms with E-state index in [0.29, 0.717) is 5.76 Å². The summed E-state index contributed by atoms with van der Waals surface area (Å²) in [6, 6.07) is 6.95. The van der Waals surface area contributed by atoms with Gasteiger partial charge in [-0.2, -0.15) is 0 Å². The number of aryl methyl sites for hydroxylation is 1. The highest BCUT2D eigenvalue weighted by Gasteiger charge is 2.15. The predicted molar refractivity (Wildman–Crippen MR) is 63.3 cm³/mol. The summed E-state index contributed by atoms with van der Waals surface area (Å²) < 4.78 is 5.04. The van der Waals surface area contributed by atoms with Gasteiger partial charge in [0.25, 0.3) is 0 Å². The summed E-state index contributed by atoms with van der Waals surface area (Å²) >= 11 is 0. The van der Waals surface area contributed by atoms with Crippen LogP contribution in [0.1, 0.15) is 16.3 Å². The molecule has 3 rings (SSSR count). The molecule has 0 bridgehead atoms. The Morgan fingerprint density at radius 1 is 1.44 bits per heavy atom. The number of carboxylic acids is 1. The SMILES string of the molecule is Cc1nc2c(-c3cc(C(=O)O)no3)cccc2[nH]1. The maximum Gasteiger partial charge on any atom is 0.358 e. The normalized spacial score (nSPS) is 10.9. The zero-order valence-electron chi connectivity index (χ0n) is 9.47. The molecule has 0 aliphatic carbocycles. The molecule has 0 fully saturated rings. The molecule has 6 heteroatoms. The van der Waals surface area contributed by atoms with Gasteiger partial charge < -0.3 is 14.6 Å². The molecule has 0 saturated carbocycles. The molecule has 0 amide bonds. The Labute approximate surface area is 101 Å². The second kappa shape index (κ2) is 3.69. The molecule has 2 N–H and O–H groups in total. The van der Waals surface area contributed by atoms with E-state index < -0.39 is 5.97 Å². The maximum absolute atomic E-state index is 10.8. The van der Waals surface area contributed by atoms with Crippen LogP contribution in [0.5, 0.6) is 0 Å². The number of benzene rings is 1. The number of rotatable bonds is 2. The fourth-order valence-electron chi connectivity index (χ4n) is 1.86. The molecule has 0 aliphatic heterocycles. The van der Waals surface area contributed by atoms with Gasteiger partial charge in [0.1, 0.15) is 5.82 Å². The maximum atomic E-state index is 10.8. The molecule has 0 aliphatic rings. The number of carboxylic acid groups (broad SMARTS) is 1. The van der Waals surface area contributed by atoms with Crippen LogP contribution < -0.4 is 0 Å². The molecule has 0 unspecified atom stereocenters. The van der Waals surface area contributed by atoms with E-state index >= 15 is 0 Å². The third-order valence-electron chi connectivity index (χ3n) is 2.63. The van der Waals surface area contributed by atoms with Gasteiger partial charge in [0.05, 0.1) is 11.0 Å². The summed E-state index contributed by atoms with van der Waals surface area (Å²) in [6.07, 6.45) is 0. The predicted octanol–water partition coefficient (Wildman–Crippen LogP) is 2.22. The minimum atomic E-state index is -1.12. The summed E-state index contributed by atoms with van der Waals surface area (Å²) in [6.45, 7) is 1.85. The van der Waals surface area contributed by atoms with Gasteiger partial charge in [-0.15, -0.1) is 0 Å². The molecule has 2 heterocycles. The number of para-hydroxylation sites is 1. The Balaban J connectivity index is 2.21. The first-order valence-corrected chi connectivity index (χ1v) is 5.31. The van der Waals surface area contributed by atoms with Crippen molar-refractivity contribution in [2.45, 2.75) is 6.92 Å². The van der Waals surface area contributed by atoms with Gasteiger partial charge in [-0.1, -0.05) is 11.2 Å². The van der Waals surface area contributed by atoms with Crippen LogP contribution in [0, 0.1) is 6.92 Å². The molecule has 1 aromatic carbocycles. The van der Waals surface area contributed by atoms with Crippen LogP contribution >= 0.6 is 0 Å². The van der Waals surface area contributed by atoms with Crippen molar-refractivity contribution in [1.29, 1.82) is 0 Å². The fourth-order valence-corrected chi connectivity index (χ4v) is 1.86. The van der Waals surface area contributed by atoms with Crippen LogP contribution in [0.3, 0.4) is 0 Å². The highest BCUT2D eigenvalue weighted by molar-refractivity contribution is 5.92. The van der Waals surface area contributed by atoms with Crippen molar-refractivity contribution < 1.29 is 14.4 Å². The lowest BCUT2D eigenvalue weighted by Crippen LogP contribution is -1.94. The van der Waals surface area contributed by atoms with Crippen molar-refractivity contribution in [1.82, 2.24) is 15.1 Å². The lowest BCUT2D eigenvalue weighted by Gasteiger charge is -1.95. The van der Waals surface area contributed by atoms with Gasteiger partial charge in [0, 0.05) is 11.6 Å². The van der Waals surface area contributed by atoms with Crippen LogP contribution in [0.2, 0.25) is 0 Å². The lowest BCUT2D eigenvalue weighted by molar-refractivity contribution is 0.0686. The molecule has 2 aromatic heterocycles. The Morgan fingerprint density at radius 3 is 3.00 bits per heavy atom. The van der Waals surface area contributed by atoms with Gasteiger partial charge in [0.15, 0.2) is 11.5 Å². The number of carbonyl (C=O) groups is 1. The van der Waals surface area contributed by atoms with Crippen molar-refractivity contribution >= 4 is 17.0 Å². The standard InChI is InChI=1S/C12H9N3O3/c1-6-13-8-4-2-3-7(11(8)14-6)10-5-9(12(16)17)15-18-10/h2-5H,1H3,(H,13,14)(H,16,17). The Hall–Kier alpha value is -2.63. The third-order valence-corrected chi connectivity index (χ3v) is 2.63. The first-order chi connectivity index (χ1) is 8.65. The van der Waals surface area contributed by atoms with Gasteiger partial charge in [-0.25, -0.2) is 9.78 Å².